The lowest BCUT2D eigenvalue weighted by Crippen LogP contribution is -2.08. The molecule has 7 nitrogen and oxygen atoms in total. The maximum Gasteiger partial charge on any atom is 0.306 e. The van der Waals surface area contributed by atoms with Crippen molar-refractivity contribution in [3.8, 4) is 17.1 Å². The quantitative estimate of drug-likeness (QED) is 0.413. The van der Waals surface area contributed by atoms with Crippen LogP contribution in [-0.2, 0) is 29.0 Å². The summed E-state index contributed by atoms with van der Waals surface area (Å²) in [7, 11) is 1.58. The molecule has 1 heterocycles. The molecule has 0 spiro atoms. The number of esters is 1. The number of ether oxygens (including phenoxy) is 2. The minimum Gasteiger partial charge on any atom is -0.497 e. The normalized spacial score (nSPS) is 12.4. The number of fused-ring (bicyclic) bond motifs is 1. The Morgan fingerprint density at radius 2 is 1.93 bits per heavy atom. The van der Waals surface area contributed by atoms with Gasteiger partial charge >= 0.3 is 5.97 Å². The topological polar surface area (TPSA) is 91.5 Å². The number of hydrogen-bond donors (Lipinski definition) is 0. The van der Waals surface area contributed by atoms with E-state index in [2.05, 4.69) is 10.1 Å². The molecule has 2 aromatic carbocycles. The molecule has 30 heavy (non-hydrogen) atoms. The third kappa shape index (κ3) is 4.56. The van der Waals surface area contributed by atoms with Gasteiger partial charge in [-0.25, -0.2) is 0 Å². The molecule has 1 aliphatic carbocycles. The second-order valence-electron chi connectivity index (χ2n) is 7.16. The number of aryl methyl sites for hydroxylation is 2. The van der Waals surface area contributed by atoms with E-state index in [1.54, 1.807) is 13.2 Å². The van der Waals surface area contributed by atoms with Crippen LogP contribution in [0.15, 0.2) is 47.0 Å². The van der Waals surface area contributed by atoms with E-state index < -0.39 is 5.97 Å². The number of ketones is 1. The molecule has 7 heteroatoms. The van der Waals surface area contributed by atoms with Gasteiger partial charge in [-0.3, -0.25) is 9.59 Å². The number of benzene rings is 2. The predicted octanol–water partition coefficient (Wildman–Crippen LogP) is 3.94. The third-order valence-electron chi connectivity index (χ3n) is 5.13. The number of aromatic nitrogens is 2. The lowest BCUT2D eigenvalue weighted by Gasteiger charge is -2.05. The summed E-state index contributed by atoms with van der Waals surface area (Å²) in [6.45, 7) is -0.136. The van der Waals surface area contributed by atoms with Gasteiger partial charge in [0.25, 0.3) is 5.89 Å². The van der Waals surface area contributed by atoms with Gasteiger partial charge < -0.3 is 14.0 Å². The van der Waals surface area contributed by atoms with Crippen LogP contribution in [0, 0.1) is 0 Å². The standard InChI is InChI=1S/C23H22N2O5/c1-28-19-7-3-6-18(13-19)23-24-21(30-25-23)14-29-22(27)11-10-20(26)17-9-8-15-4-2-5-16(15)12-17/h3,6-9,12-13H,2,4-5,10-11,14H2,1H3. The number of nitrogens with zero attached hydrogens (tertiary/aromatic N) is 2. The van der Waals surface area contributed by atoms with E-state index in [1.807, 2.05) is 36.4 Å². The van der Waals surface area contributed by atoms with Crippen molar-refractivity contribution in [1.82, 2.24) is 10.1 Å². The minimum atomic E-state index is -0.481. The highest BCUT2D eigenvalue weighted by atomic mass is 16.6. The van der Waals surface area contributed by atoms with Crippen LogP contribution in [-0.4, -0.2) is 29.0 Å². The molecule has 4 rings (SSSR count). The van der Waals surface area contributed by atoms with E-state index in [-0.39, 0.29) is 31.1 Å². The van der Waals surface area contributed by atoms with Crippen LogP contribution in [0.2, 0.25) is 0 Å². The van der Waals surface area contributed by atoms with E-state index in [4.69, 9.17) is 14.0 Å². The summed E-state index contributed by atoms with van der Waals surface area (Å²) in [5, 5.41) is 3.90. The van der Waals surface area contributed by atoms with Gasteiger partial charge in [0.15, 0.2) is 12.4 Å². The van der Waals surface area contributed by atoms with Crippen molar-refractivity contribution < 1.29 is 23.6 Å². The first-order valence-corrected chi connectivity index (χ1v) is 9.90. The fraction of sp³-hybridized carbons (Fsp3) is 0.304. The molecule has 154 valence electrons. The Labute approximate surface area is 174 Å². The van der Waals surface area contributed by atoms with Crippen LogP contribution in [0.4, 0.5) is 0 Å². The van der Waals surface area contributed by atoms with Crippen molar-refractivity contribution in [3.63, 3.8) is 0 Å². The van der Waals surface area contributed by atoms with Gasteiger partial charge in [0.05, 0.1) is 13.5 Å². The van der Waals surface area contributed by atoms with Crippen LogP contribution >= 0.6 is 0 Å². The fourth-order valence-corrected chi connectivity index (χ4v) is 3.51. The fourth-order valence-electron chi connectivity index (χ4n) is 3.51. The highest BCUT2D eigenvalue weighted by Gasteiger charge is 2.16. The molecular weight excluding hydrogens is 384 g/mol. The molecule has 0 radical (unpaired) electrons. The van der Waals surface area contributed by atoms with Gasteiger partial charge in [0.2, 0.25) is 5.82 Å². The Morgan fingerprint density at radius 3 is 2.80 bits per heavy atom. The Kier molecular flexibility index (Phi) is 5.88. The Hall–Kier alpha value is -3.48. The third-order valence-corrected chi connectivity index (χ3v) is 5.13. The van der Waals surface area contributed by atoms with E-state index in [9.17, 15) is 9.59 Å². The molecular formula is C23H22N2O5. The van der Waals surface area contributed by atoms with E-state index in [0.29, 0.717) is 17.1 Å². The number of hydrogen-bond acceptors (Lipinski definition) is 7. The van der Waals surface area contributed by atoms with Crippen molar-refractivity contribution in [3.05, 3.63) is 65.0 Å². The highest BCUT2D eigenvalue weighted by molar-refractivity contribution is 5.97. The maximum absolute atomic E-state index is 12.4. The number of Topliss-reactive ketones (excluding diaryl/α,β-unsaturated/α-hetero) is 1. The van der Waals surface area contributed by atoms with Crippen molar-refractivity contribution in [2.24, 2.45) is 0 Å². The molecule has 1 aliphatic rings. The zero-order valence-corrected chi connectivity index (χ0v) is 16.7. The van der Waals surface area contributed by atoms with Crippen molar-refractivity contribution >= 4 is 11.8 Å². The maximum atomic E-state index is 12.4. The van der Waals surface area contributed by atoms with Crippen molar-refractivity contribution in [2.75, 3.05) is 7.11 Å². The van der Waals surface area contributed by atoms with Gasteiger partial charge in [-0.05, 0) is 48.6 Å². The Morgan fingerprint density at radius 1 is 1.07 bits per heavy atom. The monoisotopic (exact) mass is 406 g/mol. The molecule has 0 saturated carbocycles. The van der Waals surface area contributed by atoms with Crippen LogP contribution in [0.25, 0.3) is 11.4 Å². The van der Waals surface area contributed by atoms with Crippen LogP contribution < -0.4 is 4.74 Å². The number of rotatable bonds is 8. The molecule has 0 aliphatic heterocycles. The number of methoxy groups -OCH3 is 1. The molecule has 1 aromatic heterocycles. The highest BCUT2D eigenvalue weighted by Crippen LogP contribution is 2.24. The number of carbonyl (C=O) groups is 2. The zero-order valence-electron chi connectivity index (χ0n) is 16.7. The van der Waals surface area contributed by atoms with Gasteiger partial charge in [-0.2, -0.15) is 4.98 Å². The first-order chi connectivity index (χ1) is 14.6. The summed E-state index contributed by atoms with van der Waals surface area (Å²) < 4.78 is 15.5. The summed E-state index contributed by atoms with van der Waals surface area (Å²) in [5.74, 6) is 0.710. The average molecular weight is 406 g/mol. The lowest BCUT2D eigenvalue weighted by molar-refractivity contribution is -0.145. The van der Waals surface area contributed by atoms with Gasteiger partial charge in [0, 0.05) is 17.5 Å². The summed E-state index contributed by atoms with van der Waals surface area (Å²) in [5.41, 5.74) is 3.95. The Bertz CT molecular complexity index is 1070. The second kappa shape index (κ2) is 8.90. The van der Waals surface area contributed by atoms with E-state index in [0.717, 1.165) is 24.8 Å². The summed E-state index contributed by atoms with van der Waals surface area (Å²) >= 11 is 0. The number of carbonyl (C=O) groups excluding carboxylic acids is 2. The van der Waals surface area contributed by atoms with Gasteiger partial charge in [0.1, 0.15) is 5.75 Å². The molecule has 0 fully saturated rings. The molecule has 0 amide bonds. The lowest BCUT2D eigenvalue weighted by atomic mass is 10.0. The van der Waals surface area contributed by atoms with Crippen LogP contribution in [0.3, 0.4) is 0 Å². The van der Waals surface area contributed by atoms with Crippen molar-refractivity contribution in [1.29, 1.82) is 0 Å². The molecule has 0 unspecified atom stereocenters. The predicted molar refractivity (Wildman–Crippen MR) is 108 cm³/mol. The van der Waals surface area contributed by atoms with E-state index in [1.165, 1.54) is 11.1 Å². The summed E-state index contributed by atoms with van der Waals surface area (Å²) in [6, 6.07) is 13.1. The molecule has 3 aromatic rings. The van der Waals surface area contributed by atoms with Crippen LogP contribution in [0.5, 0.6) is 5.75 Å². The first kappa shape index (κ1) is 19.8. The van der Waals surface area contributed by atoms with Gasteiger partial charge in [-0.15, -0.1) is 0 Å². The second-order valence-corrected chi connectivity index (χ2v) is 7.16. The SMILES string of the molecule is COc1cccc(-c2noc(COC(=O)CCC(=O)c3ccc4c(c3)CCC4)n2)c1. The largest absolute Gasteiger partial charge is 0.497 e. The molecule has 0 saturated heterocycles. The minimum absolute atomic E-state index is 0.00674. The molecule has 0 bridgehead atoms. The van der Waals surface area contributed by atoms with Crippen molar-refractivity contribution in [2.45, 2.75) is 38.7 Å². The van der Waals surface area contributed by atoms with Gasteiger partial charge in [-0.1, -0.05) is 29.4 Å². The summed E-state index contributed by atoms with van der Waals surface area (Å²) in [6.07, 6.45) is 3.34. The van der Waals surface area contributed by atoms with Crippen LogP contribution in [0.1, 0.15) is 46.6 Å². The average Bonchev–Trinajstić information content (AvgIpc) is 3.45. The first-order valence-electron chi connectivity index (χ1n) is 9.90. The zero-order chi connectivity index (χ0) is 20.9. The molecule has 0 N–H and O–H groups in total. The van der Waals surface area contributed by atoms with E-state index >= 15 is 0 Å². The molecule has 0 atom stereocenters. The Balaban J connectivity index is 1.27. The smallest absolute Gasteiger partial charge is 0.306 e. The summed E-state index contributed by atoms with van der Waals surface area (Å²) in [4.78, 5) is 28.6.